The Balaban J connectivity index is 1.73. The number of ketones is 1. The monoisotopic (exact) mass is 511 g/mol. The molecule has 0 atom stereocenters. The fourth-order valence-corrected chi connectivity index (χ4v) is 6.56. The van der Waals surface area contributed by atoms with Crippen LogP contribution in [0.25, 0.3) is 10.2 Å². The third-order valence-electron chi connectivity index (χ3n) is 6.51. The number of carbonyl (C=O) groups excluding carboxylic acids is 2. The topological polar surface area (TPSA) is 81.1 Å². The van der Waals surface area contributed by atoms with Gasteiger partial charge in [0, 0.05) is 11.5 Å². The van der Waals surface area contributed by atoms with Gasteiger partial charge in [0.25, 0.3) is 11.5 Å². The number of thiophene rings is 1. The number of aromatic nitrogens is 2. The molecule has 1 saturated carbocycles. The predicted octanol–water partition coefficient (Wildman–Crippen LogP) is 5.58. The number of thioether (sulfide) groups is 1. The third kappa shape index (κ3) is 5.86. The van der Waals surface area contributed by atoms with Crippen molar-refractivity contribution < 1.29 is 9.59 Å². The fourth-order valence-electron chi connectivity index (χ4n) is 4.27. The van der Waals surface area contributed by atoms with Gasteiger partial charge in [-0.2, -0.15) is 0 Å². The molecule has 0 radical (unpaired) electrons. The highest BCUT2D eigenvalue weighted by Crippen LogP contribution is 2.31. The van der Waals surface area contributed by atoms with Crippen LogP contribution in [0.2, 0.25) is 0 Å². The Hall–Kier alpha value is -2.45. The van der Waals surface area contributed by atoms with Crippen LogP contribution in [0.15, 0.2) is 40.3 Å². The van der Waals surface area contributed by atoms with E-state index < -0.39 is 5.41 Å². The molecule has 1 amide bonds. The fraction of sp³-hybridized carbons (Fsp3) is 0.481. The van der Waals surface area contributed by atoms with E-state index in [1.165, 1.54) is 29.5 Å². The van der Waals surface area contributed by atoms with Gasteiger partial charge in [-0.1, -0.05) is 82.1 Å². The van der Waals surface area contributed by atoms with Gasteiger partial charge in [0.1, 0.15) is 10.6 Å². The molecule has 186 valence electrons. The van der Waals surface area contributed by atoms with Gasteiger partial charge in [-0.25, -0.2) is 4.98 Å². The quantitative estimate of drug-likeness (QED) is 0.331. The van der Waals surface area contributed by atoms with Crippen LogP contribution in [0.3, 0.4) is 0 Å². The van der Waals surface area contributed by atoms with E-state index in [2.05, 4.69) is 5.32 Å². The van der Waals surface area contributed by atoms with E-state index in [0.29, 0.717) is 32.4 Å². The average molecular weight is 512 g/mol. The largest absolute Gasteiger partial charge is 0.349 e. The second-order valence-corrected chi connectivity index (χ2v) is 12.2. The molecule has 1 N–H and O–H groups in total. The lowest BCUT2D eigenvalue weighted by molar-refractivity contribution is -0.123. The van der Waals surface area contributed by atoms with E-state index in [0.717, 1.165) is 31.2 Å². The lowest BCUT2D eigenvalue weighted by atomic mass is 9.92. The van der Waals surface area contributed by atoms with Crippen molar-refractivity contribution in [1.82, 2.24) is 14.9 Å². The van der Waals surface area contributed by atoms with Crippen molar-refractivity contribution in [3.05, 3.63) is 56.7 Å². The normalized spacial score (nSPS) is 14.9. The molecule has 4 rings (SSSR count). The molecular weight excluding hydrogens is 478 g/mol. The minimum absolute atomic E-state index is 0.0954. The molecule has 0 aliphatic heterocycles. The number of fused-ring (bicyclic) bond motifs is 1. The standard InChI is InChI=1S/C27H33N3O3S2/c1-17-21-24(35-22(17)23(32)28-19-13-9-6-10-14-19)29-26(34-16-20(31)27(2,3)4)30(25(21)33)15-18-11-7-5-8-12-18/h5,7-8,11-12,19H,6,9-10,13-16H2,1-4H3,(H,28,32). The van der Waals surface area contributed by atoms with Crippen molar-refractivity contribution in [3.63, 3.8) is 0 Å². The Bertz CT molecular complexity index is 1280. The highest BCUT2D eigenvalue weighted by molar-refractivity contribution is 7.99. The summed E-state index contributed by atoms with van der Waals surface area (Å²) in [6, 6.07) is 9.94. The number of nitrogens with zero attached hydrogens (tertiary/aromatic N) is 2. The lowest BCUT2D eigenvalue weighted by Gasteiger charge is -2.22. The SMILES string of the molecule is Cc1c(C(=O)NC2CCCCC2)sc2nc(SCC(=O)C(C)(C)C)n(Cc3ccccc3)c(=O)c12. The minimum atomic E-state index is -0.467. The zero-order valence-corrected chi connectivity index (χ0v) is 22.5. The van der Waals surface area contributed by atoms with Gasteiger partial charge >= 0.3 is 0 Å². The van der Waals surface area contributed by atoms with Gasteiger partial charge < -0.3 is 5.32 Å². The van der Waals surface area contributed by atoms with Crippen LogP contribution in [0.1, 0.15) is 73.7 Å². The smallest absolute Gasteiger partial charge is 0.263 e. The number of amides is 1. The number of nitrogens with one attached hydrogen (secondary N) is 1. The molecule has 0 spiro atoms. The maximum atomic E-state index is 13.7. The summed E-state index contributed by atoms with van der Waals surface area (Å²) in [4.78, 5) is 45.4. The average Bonchev–Trinajstić information content (AvgIpc) is 3.16. The van der Waals surface area contributed by atoms with Gasteiger partial charge in [0.2, 0.25) is 0 Å². The van der Waals surface area contributed by atoms with E-state index in [1.807, 2.05) is 58.0 Å². The molecule has 0 saturated heterocycles. The van der Waals surface area contributed by atoms with E-state index in [9.17, 15) is 14.4 Å². The first-order chi connectivity index (χ1) is 16.6. The van der Waals surface area contributed by atoms with Crippen LogP contribution in [-0.2, 0) is 11.3 Å². The number of hydrogen-bond donors (Lipinski definition) is 1. The van der Waals surface area contributed by atoms with Crippen LogP contribution < -0.4 is 10.9 Å². The van der Waals surface area contributed by atoms with E-state index in [1.54, 1.807) is 4.57 Å². The molecule has 35 heavy (non-hydrogen) atoms. The summed E-state index contributed by atoms with van der Waals surface area (Å²) in [6.07, 6.45) is 5.49. The number of rotatable bonds is 7. The Morgan fingerprint density at radius 1 is 1.14 bits per heavy atom. The number of benzene rings is 1. The van der Waals surface area contributed by atoms with Gasteiger partial charge in [-0.05, 0) is 30.9 Å². The second kappa shape index (κ2) is 10.7. The maximum Gasteiger partial charge on any atom is 0.263 e. The van der Waals surface area contributed by atoms with Crippen LogP contribution >= 0.6 is 23.1 Å². The van der Waals surface area contributed by atoms with Crippen molar-refractivity contribution in [2.24, 2.45) is 5.41 Å². The zero-order valence-electron chi connectivity index (χ0n) is 20.8. The van der Waals surface area contributed by atoms with Crippen molar-refractivity contribution in [2.45, 2.75) is 77.5 Å². The summed E-state index contributed by atoms with van der Waals surface area (Å²) in [5.74, 6) is 0.205. The van der Waals surface area contributed by atoms with Gasteiger partial charge in [0.15, 0.2) is 5.16 Å². The predicted molar refractivity (Wildman–Crippen MR) is 144 cm³/mol. The molecule has 1 aliphatic rings. The highest BCUT2D eigenvalue weighted by Gasteiger charge is 2.26. The molecule has 0 unspecified atom stereocenters. The number of hydrogen-bond acceptors (Lipinski definition) is 6. The lowest BCUT2D eigenvalue weighted by Crippen LogP contribution is -2.36. The van der Waals surface area contributed by atoms with E-state index >= 15 is 0 Å². The van der Waals surface area contributed by atoms with Gasteiger partial charge in [-0.3, -0.25) is 19.0 Å². The molecule has 8 heteroatoms. The summed E-state index contributed by atoms with van der Waals surface area (Å²) >= 11 is 2.56. The zero-order chi connectivity index (χ0) is 25.2. The van der Waals surface area contributed by atoms with Crippen LogP contribution in [0, 0.1) is 12.3 Å². The molecule has 1 aromatic carbocycles. The second-order valence-electron chi connectivity index (χ2n) is 10.3. The molecule has 0 bridgehead atoms. The Morgan fingerprint density at radius 2 is 1.83 bits per heavy atom. The summed E-state index contributed by atoms with van der Waals surface area (Å²) in [5, 5.41) is 4.16. The molecule has 3 aromatic rings. The van der Waals surface area contributed by atoms with Gasteiger partial charge in [-0.15, -0.1) is 11.3 Å². The summed E-state index contributed by atoms with van der Waals surface area (Å²) < 4.78 is 1.64. The molecule has 2 heterocycles. The van der Waals surface area contributed by atoms with Crippen molar-refractivity contribution in [1.29, 1.82) is 0 Å². The Labute approximate surface area is 214 Å². The summed E-state index contributed by atoms with van der Waals surface area (Å²) in [7, 11) is 0. The molecule has 1 aliphatic carbocycles. The number of aryl methyl sites for hydroxylation is 1. The highest BCUT2D eigenvalue weighted by atomic mass is 32.2. The third-order valence-corrected chi connectivity index (χ3v) is 8.68. The van der Waals surface area contributed by atoms with Crippen molar-refractivity contribution >= 4 is 45.0 Å². The van der Waals surface area contributed by atoms with E-state index in [4.69, 9.17) is 4.98 Å². The number of carbonyl (C=O) groups is 2. The van der Waals surface area contributed by atoms with Crippen LogP contribution in [0.4, 0.5) is 0 Å². The summed E-state index contributed by atoms with van der Waals surface area (Å²) in [5.41, 5.74) is 1.02. The summed E-state index contributed by atoms with van der Waals surface area (Å²) in [6.45, 7) is 7.87. The molecule has 1 fully saturated rings. The maximum absolute atomic E-state index is 13.7. The first-order valence-electron chi connectivity index (χ1n) is 12.2. The Kier molecular flexibility index (Phi) is 7.81. The van der Waals surface area contributed by atoms with Gasteiger partial charge in [0.05, 0.1) is 22.6 Å². The first-order valence-corrected chi connectivity index (χ1v) is 14.0. The Morgan fingerprint density at radius 3 is 2.49 bits per heavy atom. The minimum Gasteiger partial charge on any atom is -0.349 e. The number of Topliss-reactive ketones (excluding diaryl/α,β-unsaturated/α-hetero) is 1. The van der Waals surface area contributed by atoms with Crippen molar-refractivity contribution in [2.75, 3.05) is 5.75 Å². The molecule has 6 nitrogen and oxygen atoms in total. The molecule has 2 aromatic heterocycles. The van der Waals surface area contributed by atoms with E-state index in [-0.39, 0.29) is 29.0 Å². The van der Waals surface area contributed by atoms with Crippen LogP contribution in [-0.4, -0.2) is 33.0 Å². The van der Waals surface area contributed by atoms with Crippen LogP contribution in [0.5, 0.6) is 0 Å². The molecular formula is C27H33N3O3S2. The first kappa shape index (κ1) is 25.6. The van der Waals surface area contributed by atoms with Crippen molar-refractivity contribution in [3.8, 4) is 0 Å².